The normalized spacial score (nSPS) is 13.8. The zero-order valence-corrected chi connectivity index (χ0v) is 18.0. The first-order valence-corrected chi connectivity index (χ1v) is 10.5. The van der Waals surface area contributed by atoms with E-state index in [-0.39, 0.29) is 5.91 Å². The van der Waals surface area contributed by atoms with Gasteiger partial charge in [0.1, 0.15) is 0 Å². The molecule has 0 bridgehead atoms. The Morgan fingerprint density at radius 2 is 1.72 bits per heavy atom. The molecule has 29 heavy (non-hydrogen) atoms. The van der Waals surface area contributed by atoms with E-state index in [1.807, 2.05) is 32.0 Å². The average Bonchev–Trinajstić information content (AvgIpc) is 2.69. The van der Waals surface area contributed by atoms with Crippen molar-refractivity contribution in [3.05, 3.63) is 53.1 Å². The molecule has 2 aromatic rings. The number of nitrogens with zero attached hydrogens (tertiary/aromatic N) is 1. The molecule has 1 aliphatic rings. The highest BCUT2D eigenvalue weighted by Gasteiger charge is 2.21. The van der Waals surface area contributed by atoms with Crippen molar-refractivity contribution in [2.45, 2.75) is 46.6 Å². The predicted molar refractivity (Wildman–Crippen MR) is 117 cm³/mol. The zero-order chi connectivity index (χ0) is 20.8. The number of ether oxygens (including phenoxy) is 2. The molecule has 0 atom stereocenters. The van der Waals surface area contributed by atoms with Crippen LogP contribution in [0.15, 0.2) is 36.4 Å². The summed E-state index contributed by atoms with van der Waals surface area (Å²) in [5.74, 6) is 1.98. The van der Waals surface area contributed by atoms with Gasteiger partial charge in [-0.05, 0) is 61.1 Å². The van der Waals surface area contributed by atoms with Crippen molar-refractivity contribution in [2.75, 3.05) is 31.6 Å². The molecule has 1 N–H and O–H groups in total. The summed E-state index contributed by atoms with van der Waals surface area (Å²) in [5, 5.41) is 3.10. The SMILES string of the molecule is CCOc1cc2c(cc1OCC)CN(CC(=O)Nc1ccccc1C(C)C)CC2. The zero-order valence-electron chi connectivity index (χ0n) is 18.0. The molecule has 0 saturated heterocycles. The summed E-state index contributed by atoms with van der Waals surface area (Å²) in [6.45, 7) is 11.4. The smallest absolute Gasteiger partial charge is 0.238 e. The number of carbonyl (C=O) groups is 1. The summed E-state index contributed by atoms with van der Waals surface area (Å²) < 4.78 is 11.5. The molecule has 0 aliphatic carbocycles. The van der Waals surface area contributed by atoms with E-state index in [1.165, 1.54) is 11.1 Å². The summed E-state index contributed by atoms with van der Waals surface area (Å²) in [4.78, 5) is 14.9. The van der Waals surface area contributed by atoms with Gasteiger partial charge in [0.05, 0.1) is 19.8 Å². The fraction of sp³-hybridized carbons (Fsp3) is 0.458. The minimum Gasteiger partial charge on any atom is -0.490 e. The van der Waals surface area contributed by atoms with Crippen LogP contribution in [-0.2, 0) is 17.8 Å². The Morgan fingerprint density at radius 1 is 1.07 bits per heavy atom. The lowest BCUT2D eigenvalue weighted by molar-refractivity contribution is -0.117. The fourth-order valence-corrected chi connectivity index (χ4v) is 3.80. The summed E-state index contributed by atoms with van der Waals surface area (Å²) in [5.41, 5.74) is 4.55. The number of para-hydroxylation sites is 1. The quantitative estimate of drug-likeness (QED) is 0.708. The van der Waals surface area contributed by atoms with Crippen LogP contribution in [0.4, 0.5) is 5.69 Å². The first kappa shape index (κ1) is 21.2. The molecule has 0 fully saturated rings. The summed E-state index contributed by atoms with van der Waals surface area (Å²) >= 11 is 0. The predicted octanol–water partition coefficient (Wildman–Crippen LogP) is 4.60. The Bertz CT molecular complexity index is 848. The van der Waals surface area contributed by atoms with Gasteiger partial charge in [-0.1, -0.05) is 32.0 Å². The Morgan fingerprint density at radius 3 is 2.38 bits per heavy atom. The van der Waals surface area contributed by atoms with Gasteiger partial charge in [-0.3, -0.25) is 9.69 Å². The number of hydrogen-bond donors (Lipinski definition) is 1. The summed E-state index contributed by atoms with van der Waals surface area (Å²) in [7, 11) is 0. The Balaban J connectivity index is 1.68. The van der Waals surface area contributed by atoms with Crippen molar-refractivity contribution >= 4 is 11.6 Å². The largest absolute Gasteiger partial charge is 0.490 e. The van der Waals surface area contributed by atoms with Crippen LogP contribution in [0.25, 0.3) is 0 Å². The van der Waals surface area contributed by atoms with Crippen molar-refractivity contribution in [1.29, 1.82) is 0 Å². The molecular formula is C24H32N2O3. The van der Waals surface area contributed by atoms with Crippen LogP contribution in [0, 0.1) is 0 Å². The second-order valence-electron chi connectivity index (χ2n) is 7.68. The minimum atomic E-state index is 0.0255. The number of amides is 1. The molecule has 1 heterocycles. The van der Waals surface area contributed by atoms with E-state index in [9.17, 15) is 4.79 Å². The van der Waals surface area contributed by atoms with Gasteiger partial charge in [0.2, 0.25) is 5.91 Å². The third-order valence-corrected chi connectivity index (χ3v) is 5.18. The second-order valence-corrected chi connectivity index (χ2v) is 7.68. The lowest BCUT2D eigenvalue weighted by atomic mass is 9.98. The minimum absolute atomic E-state index is 0.0255. The molecule has 5 nitrogen and oxygen atoms in total. The molecular weight excluding hydrogens is 364 g/mol. The molecule has 0 saturated carbocycles. The van der Waals surface area contributed by atoms with Gasteiger partial charge in [0.25, 0.3) is 0 Å². The van der Waals surface area contributed by atoms with Crippen LogP contribution >= 0.6 is 0 Å². The fourth-order valence-electron chi connectivity index (χ4n) is 3.80. The average molecular weight is 397 g/mol. The number of hydrogen-bond acceptors (Lipinski definition) is 4. The van der Waals surface area contributed by atoms with Crippen LogP contribution in [0.2, 0.25) is 0 Å². The van der Waals surface area contributed by atoms with E-state index in [4.69, 9.17) is 9.47 Å². The van der Waals surface area contributed by atoms with E-state index in [0.717, 1.165) is 42.3 Å². The van der Waals surface area contributed by atoms with Crippen LogP contribution in [-0.4, -0.2) is 37.1 Å². The Hall–Kier alpha value is -2.53. The molecule has 0 radical (unpaired) electrons. The van der Waals surface area contributed by atoms with Gasteiger partial charge in [0, 0.05) is 18.8 Å². The first-order chi connectivity index (χ1) is 14.0. The highest BCUT2D eigenvalue weighted by molar-refractivity contribution is 5.93. The number of carbonyl (C=O) groups excluding carboxylic acids is 1. The molecule has 1 aliphatic heterocycles. The van der Waals surface area contributed by atoms with E-state index in [1.54, 1.807) is 0 Å². The van der Waals surface area contributed by atoms with Gasteiger partial charge in [0.15, 0.2) is 11.5 Å². The number of rotatable bonds is 8. The summed E-state index contributed by atoms with van der Waals surface area (Å²) in [6, 6.07) is 12.2. The second kappa shape index (κ2) is 9.79. The monoisotopic (exact) mass is 396 g/mol. The number of nitrogens with one attached hydrogen (secondary N) is 1. The Kier molecular flexibility index (Phi) is 7.15. The van der Waals surface area contributed by atoms with Gasteiger partial charge in [-0.25, -0.2) is 0 Å². The van der Waals surface area contributed by atoms with E-state index in [0.29, 0.717) is 25.7 Å². The van der Waals surface area contributed by atoms with Crippen LogP contribution in [0.3, 0.4) is 0 Å². The molecule has 5 heteroatoms. The van der Waals surface area contributed by atoms with Crippen LogP contribution in [0.5, 0.6) is 11.5 Å². The third-order valence-electron chi connectivity index (χ3n) is 5.18. The maximum Gasteiger partial charge on any atom is 0.238 e. The van der Waals surface area contributed by atoms with E-state index in [2.05, 4.69) is 42.3 Å². The molecule has 0 aromatic heterocycles. The first-order valence-electron chi connectivity index (χ1n) is 10.5. The number of anilines is 1. The highest BCUT2D eigenvalue weighted by Crippen LogP contribution is 2.34. The van der Waals surface area contributed by atoms with Gasteiger partial charge >= 0.3 is 0 Å². The standard InChI is InChI=1S/C24H32N2O3/c1-5-28-22-13-18-11-12-26(15-19(18)14-23(22)29-6-2)16-24(27)25-21-10-8-7-9-20(21)17(3)4/h7-10,13-14,17H,5-6,11-12,15-16H2,1-4H3,(H,25,27). The maximum absolute atomic E-state index is 12.7. The number of benzene rings is 2. The van der Waals surface area contributed by atoms with Crippen molar-refractivity contribution in [3.8, 4) is 11.5 Å². The van der Waals surface area contributed by atoms with Crippen LogP contribution in [0.1, 0.15) is 50.3 Å². The molecule has 0 unspecified atom stereocenters. The molecule has 0 spiro atoms. The van der Waals surface area contributed by atoms with Crippen molar-refractivity contribution < 1.29 is 14.3 Å². The van der Waals surface area contributed by atoms with Crippen molar-refractivity contribution in [2.24, 2.45) is 0 Å². The maximum atomic E-state index is 12.7. The lowest BCUT2D eigenvalue weighted by Crippen LogP contribution is -2.37. The lowest BCUT2D eigenvalue weighted by Gasteiger charge is -2.29. The van der Waals surface area contributed by atoms with Gasteiger partial charge in [-0.15, -0.1) is 0 Å². The molecule has 156 valence electrons. The van der Waals surface area contributed by atoms with Crippen LogP contribution < -0.4 is 14.8 Å². The van der Waals surface area contributed by atoms with Gasteiger partial charge in [-0.2, -0.15) is 0 Å². The third kappa shape index (κ3) is 5.30. The topological polar surface area (TPSA) is 50.8 Å². The van der Waals surface area contributed by atoms with E-state index >= 15 is 0 Å². The highest BCUT2D eigenvalue weighted by atomic mass is 16.5. The number of fused-ring (bicyclic) bond motifs is 1. The summed E-state index contributed by atoms with van der Waals surface area (Å²) in [6.07, 6.45) is 0.900. The molecule has 2 aromatic carbocycles. The van der Waals surface area contributed by atoms with Gasteiger partial charge < -0.3 is 14.8 Å². The van der Waals surface area contributed by atoms with E-state index < -0.39 is 0 Å². The van der Waals surface area contributed by atoms with Crippen molar-refractivity contribution in [3.63, 3.8) is 0 Å². The molecule has 1 amide bonds. The van der Waals surface area contributed by atoms with Crippen molar-refractivity contribution in [1.82, 2.24) is 4.90 Å². The Labute approximate surface area is 174 Å². The molecule has 3 rings (SSSR count).